The number of nitrogens with zero attached hydrogens (tertiary/aromatic N) is 2. The molecule has 1 aromatic heterocycles. The van der Waals surface area contributed by atoms with Gasteiger partial charge in [-0.2, -0.15) is 16.7 Å². The van der Waals surface area contributed by atoms with Gasteiger partial charge in [0.1, 0.15) is 5.78 Å². The summed E-state index contributed by atoms with van der Waals surface area (Å²) in [5.41, 5.74) is 0. The monoisotopic (exact) mass is 300 g/mol. The van der Waals surface area contributed by atoms with Gasteiger partial charge in [-0.15, -0.1) is 11.8 Å². The third-order valence-corrected chi connectivity index (χ3v) is 6.88. The minimum Gasteiger partial charge on any atom is -0.339 e. The van der Waals surface area contributed by atoms with Crippen molar-refractivity contribution in [3.05, 3.63) is 11.7 Å². The van der Waals surface area contributed by atoms with Crippen molar-refractivity contribution in [2.24, 2.45) is 0 Å². The van der Waals surface area contributed by atoms with Gasteiger partial charge < -0.3 is 4.52 Å². The van der Waals surface area contributed by atoms with Crippen LogP contribution in [0.15, 0.2) is 4.52 Å². The van der Waals surface area contributed by atoms with Gasteiger partial charge in [-0.05, 0) is 13.3 Å². The number of carbonyl (C=O) groups is 1. The van der Waals surface area contributed by atoms with Crippen molar-refractivity contribution in [3.8, 4) is 0 Å². The number of thioether (sulfide) groups is 2. The smallest absolute Gasteiger partial charge is 0.237 e. The van der Waals surface area contributed by atoms with Crippen LogP contribution in [0.1, 0.15) is 57.0 Å². The molecule has 19 heavy (non-hydrogen) atoms. The molecule has 0 saturated carbocycles. The van der Waals surface area contributed by atoms with Gasteiger partial charge in [0, 0.05) is 16.3 Å². The molecule has 0 amide bonds. The summed E-state index contributed by atoms with van der Waals surface area (Å²) in [6.45, 7) is 8.03. The van der Waals surface area contributed by atoms with Crippen LogP contribution in [-0.4, -0.2) is 32.2 Å². The molecule has 1 saturated heterocycles. The minimum absolute atomic E-state index is 0.0883. The zero-order chi connectivity index (χ0) is 14.0. The van der Waals surface area contributed by atoms with E-state index in [0.29, 0.717) is 22.8 Å². The van der Waals surface area contributed by atoms with E-state index in [0.717, 1.165) is 11.6 Å². The Morgan fingerprint density at radius 2 is 2.21 bits per heavy atom. The highest BCUT2D eigenvalue weighted by Gasteiger charge is 2.31. The predicted molar refractivity (Wildman–Crippen MR) is 79.7 cm³/mol. The molecular weight excluding hydrogens is 280 g/mol. The summed E-state index contributed by atoms with van der Waals surface area (Å²) < 4.78 is 5.29. The second kappa shape index (κ2) is 6.31. The Balaban J connectivity index is 2.10. The first-order valence-electron chi connectivity index (χ1n) is 6.64. The lowest BCUT2D eigenvalue weighted by Crippen LogP contribution is -2.22. The molecule has 0 N–H and O–H groups in total. The maximum Gasteiger partial charge on any atom is 0.237 e. The molecule has 1 aliphatic rings. The summed E-state index contributed by atoms with van der Waals surface area (Å²) in [6, 6.07) is 0. The summed E-state index contributed by atoms with van der Waals surface area (Å²) in [5.74, 6) is 2.06. The van der Waals surface area contributed by atoms with E-state index in [-0.39, 0.29) is 17.0 Å². The number of hydrogen-bond acceptors (Lipinski definition) is 6. The lowest BCUT2D eigenvalue weighted by atomic mass is 10.0. The average Bonchev–Trinajstić information content (AvgIpc) is 2.82. The molecule has 4 nitrogen and oxygen atoms in total. The Bertz CT molecular complexity index is 450. The zero-order valence-electron chi connectivity index (χ0n) is 11.8. The lowest BCUT2D eigenvalue weighted by Gasteiger charge is -2.29. The fraction of sp³-hybridized carbons (Fsp3) is 0.769. The van der Waals surface area contributed by atoms with Crippen LogP contribution in [0.4, 0.5) is 0 Å². The topological polar surface area (TPSA) is 56.0 Å². The zero-order valence-corrected chi connectivity index (χ0v) is 13.4. The Morgan fingerprint density at radius 3 is 2.79 bits per heavy atom. The van der Waals surface area contributed by atoms with Gasteiger partial charge in [0.05, 0.1) is 11.2 Å². The van der Waals surface area contributed by atoms with Crippen molar-refractivity contribution in [1.82, 2.24) is 10.1 Å². The third-order valence-electron chi connectivity index (χ3n) is 3.49. The SMILES string of the molecule is CCC(C(C)=O)c1nc(C2CSC(C)C(C)S2)no1. The molecule has 0 spiro atoms. The number of rotatable bonds is 4. The molecule has 2 rings (SSSR count). The summed E-state index contributed by atoms with van der Waals surface area (Å²) in [4.78, 5) is 16.0. The highest BCUT2D eigenvalue weighted by atomic mass is 32.2. The van der Waals surface area contributed by atoms with E-state index in [9.17, 15) is 4.79 Å². The van der Waals surface area contributed by atoms with Crippen molar-refractivity contribution in [3.63, 3.8) is 0 Å². The van der Waals surface area contributed by atoms with E-state index in [1.54, 1.807) is 6.92 Å². The summed E-state index contributed by atoms with van der Waals surface area (Å²) in [5, 5.41) is 5.60. The maximum atomic E-state index is 11.5. The first kappa shape index (κ1) is 14.9. The first-order chi connectivity index (χ1) is 9.02. The largest absolute Gasteiger partial charge is 0.339 e. The van der Waals surface area contributed by atoms with E-state index in [1.165, 1.54) is 0 Å². The van der Waals surface area contributed by atoms with Crippen LogP contribution in [0.3, 0.4) is 0 Å². The maximum absolute atomic E-state index is 11.5. The predicted octanol–water partition coefficient (Wildman–Crippen LogP) is 3.45. The van der Waals surface area contributed by atoms with Crippen molar-refractivity contribution in [2.75, 3.05) is 5.75 Å². The van der Waals surface area contributed by atoms with Crippen molar-refractivity contribution < 1.29 is 9.32 Å². The quantitative estimate of drug-likeness (QED) is 0.849. The third kappa shape index (κ3) is 3.34. The fourth-order valence-electron chi connectivity index (χ4n) is 2.07. The molecule has 0 bridgehead atoms. The lowest BCUT2D eigenvalue weighted by molar-refractivity contribution is -0.119. The number of ketones is 1. The van der Waals surface area contributed by atoms with Crippen LogP contribution < -0.4 is 0 Å². The second-order valence-corrected chi connectivity index (χ2v) is 7.93. The van der Waals surface area contributed by atoms with Crippen LogP contribution in [0.25, 0.3) is 0 Å². The van der Waals surface area contributed by atoms with Crippen LogP contribution >= 0.6 is 23.5 Å². The molecule has 4 atom stereocenters. The Kier molecular flexibility index (Phi) is 4.95. The van der Waals surface area contributed by atoms with E-state index < -0.39 is 0 Å². The van der Waals surface area contributed by atoms with Gasteiger partial charge in [-0.3, -0.25) is 4.79 Å². The fourth-order valence-corrected chi connectivity index (χ4v) is 4.91. The Hall–Kier alpha value is -0.490. The minimum atomic E-state index is -0.251. The summed E-state index contributed by atoms with van der Waals surface area (Å²) in [6.07, 6.45) is 0.705. The molecule has 1 aliphatic heterocycles. The van der Waals surface area contributed by atoms with Crippen molar-refractivity contribution >= 4 is 29.3 Å². The van der Waals surface area contributed by atoms with Gasteiger partial charge in [-0.1, -0.05) is 25.9 Å². The number of carbonyl (C=O) groups excluding carboxylic acids is 1. The number of aromatic nitrogens is 2. The van der Waals surface area contributed by atoms with Gasteiger partial charge in [0.15, 0.2) is 5.82 Å². The van der Waals surface area contributed by atoms with Crippen LogP contribution in [0, 0.1) is 0 Å². The highest BCUT2D eigenvalue weighted by Crippen LogP contribution is 2.43. The summed E-state index contributed by atoms with van der Waals surface area (Å²) >= 11 is 3.85. The molecule has 4 unspecified atom stereocenters. The molecule has 0 aromatic carbocycles. The van der Waals surface area contributed by atoms with Gasteiger partial charge in [-0.25, -0.2) is 0 Å². The highest BCUT2D eigenvalue weighted by molar-refractivity contribution is 8.07. The Morgan fingerprint density at radius 1 is 1.47 bits per heavy atom. The van der Waals surface area contributed by atoms with Gasteiger partial charge in [0.2, 0.25) is 5.89 Å². The molecular formula is C13H20N2O2S2. The molecule has 0 aliphatic carbocycles. The summed E-state index contributed by atoms with van der Waals surface area (Å²) in [7, 11) is 0. The second-order valence-electron chi connectivity index (χ2n) is 4.93. The first-order valence-corrected chi connectivity index (χ1v) is 8.63. The molecule has 6 heteroatoms. The van der Waals surface area contributed by atoms with E-state index in [4.69, 9.17) is 4.52 Å². The Labute approximate surface area is 122 Å². The van der Waals surface area contributed by atoms with Crippen LogP contribution in [0.5, 0.6) is 0 Å². The molecule has 106 valence electrons. The molecule has 2 heterocycles. The van der Waals surface area contributed by atoms with Gasteiger partial charge >= 0.3 is 0 Å². The number of hydrogen-bond donors (Lipinski definition) is 0. The van der Waals surface area contributed by atoms with E-state index in [2.05, 4.69) is 24.0 Å². The number of Topliss-reactive ketones (excluding diaryl/α,β-unsaturated/α-hetero) is 1. The van der Waals surface area contributed by atoms with Crippen molar-refractivity contribution in [1.29, 1.82) is 0 Å². The van der Waals surface area contributed by atoms with E-state index in [1.807, 2.05) is 30.4 Å². The molecule has 0 radical (unpaired) electrons. The van der Waals surface area contributed by atoms with Crippen LogP contribution in [-0.2, 0) is 4.79 Å². The van der Waals surface area contributed by atoms with E-state index >= 15 is 0 Å². The normalized spacial score (nSPS) is 29.2. The van der Waals surface area contributed by atoms with Gasteiger partial charge in [0.25, 0.3) is 0 Å². The molecule has 1 aromatic rings. The van der Waals surface area contributed by atoms with Crippen LogP contribution in [0.2, 0.25) is 0 Å². The average molecular weight is 300 g/mol. The molecule has 1 fully saturated rings. The standard InChI is InChI=1S/C13H20N2O2S2/c1-5-10(7(2)16)13-14-12(15-17-13)11-6-18-8(3)9(4)19-11/h8-11H,5-6H2,1-4H3. The van der Waals surface area contributed by atoms with Crippen molar-refractivity contribution in [2.45, 2.75) is 55.8 Å².